The van der Waals surface area contributed by atoms with Crippen LogP contribution in [0.25, 0.3) is 0 Å². The predicted molar refractivity (Wildman–Crippen MR) is 72.4 cm³/mol. The highest BCUT2D eigenvalue weighted by molar-refractivity contribution is 5.25. The Kier molecular flexibility index (Phi) is 4.10. The summed E-state index contributed by atoms with van der Waals surface area (Å²) in [4.78, 5) is 4.20. The van der Waals surface area contributed by atoms with Gasteiger partial charge in [-0.3, -0.25) is 9.67 Å². The van der Waals surface area contributed by atoms with Gasteiger partial charge in [-0.25, -0.2) is 0 Å². The quantitative estimate of drug-likeness (QED) is 0.879. The summed E-state index contributed by atoms with van der Waals surface area (Å²) in [5.41, 5.74) is 2.35. The van der Waals surface area contributed by atoms with Crippen LogP contribution in [0.1, 0.15) is 44.1 Å². The average Bonchev–Trinajstić information content (AvgIpc) is 2.86. The van der Waals surface area contributed by atoms with E-state index in [1.807, 2.05) is 18.5 Å². The lowest BCUT2D eigenvalue weighted by atomic mass is 10.1. The number of hydrogen-bond donors (Lipinski definition) is 1. The largest absolute Gasteiger partial charge is 0.305 e. The standard InChI is InChI=1S/C14H20N4/c1-4-16-14(12-6-5-8-15-10-12)13-7-9-17-18(13)11(2)3/h5-11,14,16H,4H2,1-3H3. The van der Waals surface area contributed by atoms with Gasteiger partial charge in [0.15, 0.2) is 0 Å². The van der Waals surface area contributed by atoms with E-state index in [9.17, 15) is 0 Å². The number of nitrogens with one attached hydrogen (secondary N) is 1. The SMILES string of the molecule is CCNC(c1cccnc1)c1ccnn1C(C)C. The van der Waals surface area contributed by atoms with Gasteiger partial charge in [-0.2, -0.15) is 5.10 Å². The molecular weight excluding hydrogens is 224 g/mol. The second kappa shape index (κ2) is 5.78. The first-order chi connectivity index (χ1) is 8.74. The van der Waals surface area contributed by atoms with Crippen molar-refractivity contribution >= 4 is 0 Å². The van der Waals surface area contributed by atoms with Crippen LogP contribution in [0, 0.1) is 0 Å². The maximum absolute atomic E-state index is 4.40. The van der Waals surface area contributed by atoms with Gasteiger partial charge in [0.25, 0.3) is 0 Å². The highest BCUT2D eigenvalue weighted by Crippen LogP contribution is 2.23. The number of nitrogens with zero attached hydrogens (tertiary/aromatic N) is 3. The van der Waals surface area contributed by atoms with Crippen molar-refractivity contribution < 1.29 is 0 Å². The van der Waals surface area contributed by atoms with Gasteiger partial charge < -0.3 is 5.32 Å². The summed E-state index contributed by atoms with van der Waals surface area (Å²) < 4.78 is 2.06. The minimum atomic E-state index is 0.147. The zero-order valence-corrected chi connectivity index (χ0v) is 11.2. The molecule has 0 spiro atoms. The second-order valence-electron chi connectivity index (χ2n) is 4.57. The average molecular weight is 244 g/mol. The highest BCUT2D eigenvalue weighted by atomic mass is 15.3. The lowest BCUT2D eigenvalue weighted by molar-refractivity contribution is 0.476. The predicted octanol–water partition coefficient (Wildman–Crippen LogP) is 2.56. The van der Waals surface area contributed by atoms with Crippen molar-refractivity contribution in [2.45, 2.75) is 32.9 Å². The molecule has 0 amide bonds. The molecule has 0 aliphatic rings. The number of hydrogen-bond acceptors (Lipinski definition) is 3. The summed E-state index contributed by atoms with van der Waals surface area (Å²) in [7, 11) is 0. The van der Waals surface area contributed by atoms with Gasteiger partial charge in [0.2, 0.25) is 0 Å². The molecule has 2 aromatic heterocycles. The topological polar surface area (TPSA) is 42.7 Å². The van der Waals surface area contributed by atoms with Crippen LogP contribution in [0.3, 0.4) is 0 Å². The smallest absolute Gasteiger partial charge is 0.0763 e. The van der Waals surface area contributed by atoms with Gasteiger partial charge >= 0.3 is 0 Å². The van der Waals surface area contributed by atoms with Crippen molar-refractivity contribution in [3.05, 3.63) is 48.0 Å². The number of rotatable bonds is 5. The zero-order chi connectivity index (χ0) is 13.0. The second-order valence-corrected chi connectivity index (χ2v) is 4.57. The normalized spacial score (nSPS) is 12.9. The molecule has 2 heterocycles. The summed E-state index contributed by atoms with van der Waals surface area (Å²) in [6.45, 7) is 7.30. The molecule has 0 aliphatic carbocycles. The third kappa shape index (κ3) is 2.59. The maximum Gasteiger partial charge on any atom is 0.0763 e. The fraction of sp³-hybridized carbons (Fsp3) is 0.429. The lowest BCUT2D eigenvalue weighted by Crippen LogP contribution is -2.25. The molecule has 1 unspecified atom stereocenters. The van der Waals surface area contributed by atoms with E-state index >= 15 is 0 Å². The van der Waals surface area contributed by atoms with Crippen LogP contribution >= 0.6 is 0 Å². The molecule has 0 fully saturated rings. The van der Waals surface area contributed by atoms with Gasteiger partial charge in [-0.15, -0.1) is 0 Å². The van der Waals surface area contributed by atoms with Gasteiger partial charge in [-0.05, 0) is 38.1 Å². The molecule has 2 aromatic rings. The lowest BCUT2D eigenvalue weighted by Gasteiger charge is -2.21. The molecule has 0 saturated heterocycles. The number of pyridine rings is 1. The Bertz CT molecular complexity index is 476. The van der Waals surface area contributed by atoms with Gasteiger partial charge in [0.1, 0.15) is 0 Å². The van der Waals surface area contributed by atoms with Crippen LogP contribution < -0.4 is 5.32 Å². The van der Waals surface area contributed by atoms with Crippen molar-refractivity contribution in [2.75, 3.05) is 6.54 Å². The first-order valence-corrected chi connectivity index (χ1v) is 6.40. The third-order valence-electron chi connectivity index (χ3n) is 2.91. The van der Waals surface area contributed by atoms with Crippen LogP contribution in [-0.4, -0.2) is 21.3 Å². The first-order valence-electron chi connectivity index (χ1n) is 6.40. The Balaban J connectivity index is 2.39. The molecule has 4 heteroatoms. The molecule has 0 saturated carbocycles. The fourth-order valence-corrected chi connectivity index (χ4v) is 2.13. The molecule has 1 atom stereocenters. The van der Waals surface area contributed by atoms with E-state index in [4.69, 9.17) is 0 Å². The van der Waals surface area contributed by atoms with E-state index in [0.29, 0.717) is 6.04 Å². The molecule has 2 rings (SSSR count). The van der Waals surface area contributed by atoms with E-state index in [2.05, 4.69) is 53.0 Å². The summed E-state index contributed by atoms with van der Waals surface area (Å²) >= 11 is 0. The molecule has 0 bridgehead atoms. The third-order valence-corrected chi connectivity index (χ3v) is 2.91. The van der Waals surface area contributed by atoms with Gasteiger partial charge in [0.05, 0.1) is 11.7 Å². The molecular formula is C14H20N4. The highest BCUT2D eigenvalue weighted by Gasteiger charge is 2.18. The molecule has 18 heavy (non-hydrogen) atoms. The monoisotopic (exact) mass is 244 g/mol. The zero-order valence-electron chi connectivity index (χ0n) is 11.2. The molecule has 4 nitrogen and oxygen atoms in total. The van der Waals surface area contributed by atoms with Gasteiger partial charge in [0, 0.05) is 24.6 Å². The van der Waals surface area contributed by atoms with E-state index in [-0.39, 0.29) is 6.04 Å². The Hall–Kier alpha value is -1.68. The van der Waals surface area contributed by atoms with Crippen LogP contribution in [0.15, 0.2) is 36.8 Å². The Morgan fingerprint density at radius 1 is 1.28 bits per heavy atom. The van der Waals surface area contributed by atoms with Crippen molar-refractivity contribution in [1.82, 2.24) is 20.1 Å². The summed E-state index contributed by atoms with van der Waals surface area (Å²) in [5, 5.41) is 7.90. The molecule has 1 N–H and O–H groups in total. The fourth-order valence-electron chi connectivity index (χ4n) is 2.13. The van der Waals surface area contributed by atoms with Crippen molar-refractivity contribution in [3.63, 3.8) is 0 Å². The Labute approximate surface area is 108 Å². The molecule has 0 aliphatic heterocycles. The van der Waals surface area contributed by atoms with Crippen LogP contribution in [0.4, 0.5) is 0 Å². The first kappa shape index (κ1) is 12.8. The minimum Gasteiger partial charge on any atom is -0.305 e. The van der Waals surface area contributed by atoms with E-state index in [1.165, 1.54) is 11.3 Å². The maximum atomic E-state index is 4.40. The Morgan fingerprint density at radius 2 is 2.11 bits per heavy atom. The Morgan fingerprint density at radius 3 is 2.72 bits per heavy atom. The summed E-state index contributed by atoms with van der Waals surface area (Å²) in [6.07, 6.45) is 5.56. The van der Waals surface area contributed by atoms with E-state index < -0.39 is 0 Å². The van der Waals surface area contributed by atoms with E-state index in [1.54, 1.807) is 6.20 Å². The summed E-state index contributed by atoms with van der Waals surface area (Å²) in [6, 6.07) is 6.63. The van der Waals surface area contributed by atoms with Crippen molar-refractivity contribution in [3.8, 4) is 0 Å². The molecule has 96 valence electrons. The molecule has 0 radical (unpaired) electrons. The number of aromatic nitrogens is 3. The summed E-state index contributed by atoms with van der Waals surface area (Å²) in [5.74, 6) is 0. The van der Waals surface area contributed by atoms with Crippen molar-refractivity contribution in [2.24, 2.45) is 0 Å². The van der Waals surface area contributed by atoms with Crippen LogP contribution in [0.5, 0.6) is 0 Å². The van der Waals surface area contributed by atoms with Crippen molar-refractivity contribution in [1.29, 1.82) is 0 Å². The van der Waals surface area contributed by atoms with Crippen LogP contribution in [0.2, 0.25) is 0 Å². The minimum absolute atomic E-state index is 0.147. The molecule has 0 aromatic carbocycles. The van der Waals surface area contributed by atoms with E-state index in [0.717, 1.165) is 6.54 Å². The van der Waals surface area contributed by atoms with Crippen LogP contribution in [-0.2, 0) is 0 Å². The van der Waals surface area contributed by atoms with Gasteiger partial charge in [-0.1, -0.05) is 13.0 Å².